The number of halogens is 5. The highest BCUT2D eigenvalue weighted by Crippen LogP contribution is 2.33. The smallest absolute Gasteiger partial charge is 0.406 e. The summed E-state index contributed by atoms with van der Waals surface area (Å²) >= 11 is 0. The molecule has 0 fully saturated rings. The minimum Gasteiger partial charge on any atom is -0.406 e. The summed E-state index contributed by atoms with van der Waals surface area (Å²) in [4.78, 5) is 12.8. The third-order valence-corrected chi connectivity index (χ3v) is 4.74. The second-order valence-corrected chi connectivity index (χ2v) is 6.86. The van der Waals surface area contributed by atoms with Crippen molar-refractivity contribution < 1.29 is 31.5 Å². The van der Waals surface area contributed by atoms with Gasteiger partial charge in [0.15, 0.2) is 0 Å². The summed E-state index contributed by atoms with van der Waals surface area (Å²) in [6.45, 7) is 0. The molecule has 0 bridgehead atoms. The summed E-state index contributed by atoms with van der Waals surface area (Å²) in [7, 11) is 0. The standard InChI is InChI=1S/C24H14F5NO2/c25-15-9-12-21(26)22(13-15)30-23(31)20-6-2-4-18-17(3-1-5-19(18)20)14-7-10-16(11-8-14)32-24(27,28)29/h1-13H,(H,30,31). The zero-order valence-electron chi connectivity index (χ0n) is 16.2. The van der Waals surface area contributed by atoms with Crippen molar-refractivity contribution in [1.29, 1.82) is 0 Å². The number of alkyl halides is 3. The Morgan fingerprint density at radius 3 is 2.22 bits per heavy atom. The number of anilines is 1. The van der Waals surface area contributed by atoms with Gasteiger partial charge in [-0.2, -0.15) is 0 Å². The number of ether oxygens (including phenoxy) is 1. The van der Waals surface area contributed by atoms with Gasteiger partial charge in [0.1, 0.15) is 17.4 Å². The molecule has 4 aromatic rings. The summed E-state index contributed by atoms with van der Waals surface area (Å²) < 4.78 is 68.4. The highest BCUT2D eigenvalue weighted by Gasteiger charge is 2.31. The van der Waals surface area contributed by atoms with Gasteiger partial charge in [-0.15, -0.1) is 13.2 Å². The minimum absolute atomic E-state index is 0.227. The number of amides is 1. The van der Waals surface area contributed by atoms with E-state index in [1.54, 1.807) is 36.4 Å². The van der Waals surface area contributed by atoms with E-state index in [1.165, 1.54) is 24.3 Å². The third-order valence-electron chi connectivity index (χ3n) is 4.74. The average molecular weight is 443 g/mol. The lowest BCUT2D eigenvalue weighted by Crippen LogP contribution is -2.16. The summed E-state index contributed by atoms with van der Waals surface area (Å²) in [6, 6.07) is 18.2. The van der Waals surface area contributed by atoms with Gasteiger partial charge in [0.05, 0.1) is 5.69 Å². The molecule has 4 aromatic carbocycles. The van der Waals surface area contributed by atoms with Gasteiger partial charge >= 0.3 is 6.36 Å². The molecule has 0 radical (unpaired) electrons. The number of benzene rings is 4. The molecule has 3 nitrogen and oxygen atoms in total. The molecule has 0 saturated heterocycles. The lowest BCUT2D eigenvalue weighted by molar-refractivity contribution is -0.274. The first kappa shape index (κ1) is 21.3. The Hall–Kier alpha value is -3.94. The Morgan fingerprint density at radius 2 is 1.50 bits per heavy atom. The molecule has 0 unspecified atom stereocenters. The van der Waals surface area contributed by atoms with Crippen molar-refractivity contribution in [3.05, 3.63) is 96.1 Å². The second-order valence-electron chi connectivity index (χ2n) is 6.86. The Bertz CT molecular complexity index is 1300. The minimum atomic E-state index is -4.79. The molecule has 32 heavy (non-hydrogen) atoms. The van der Waals surface area contributed by atoms with Crippen LogP contribution in [0.5, 0.6) is 5.75 Å². The quantitative estimate of drug-likeness (QED) is 0.347. The van der Waals surface area contributed by atoms with Crippen LogP contribution in [-0.2, 0) is 0 Å². The van der Waals surface area contributed by atoms with Gasteiger partial charge in [0.2, 0.25) is 0 Å². The number of nitrogens with one attached hydrogen (secondary N) is 1. The van der Waals surface area contributed by atoms with Crippen molar-refractivity contribution in [2.24, 2.45) is 0 Å². The van der Waals surface area contributed by atoms with E-state index in [2.05, 4.69) is 10.1 Å². The van der Waals surface area contributed by atoms with Crippen LogP contribution in [-0.4, -0.2) is 12.3 Å². The van der Waals surface area contributed by atoms with Gasteiger partial charge in [-0.1, -0.05) is 42.5 Å². The molecule has 1 N–H and O–H groups in total. The topological polar surface area (TPSA) is 38.3 Å². The van der Waals surface area contributed by atoms with E-state index in [0.717, 1.165) is 18.2 Å². The molecule has 0 saturated carbocycles. The highest BCUT2D eigenvalue weighted by molar-refractivity contribution is 6.15. The second kappa shape index (κ2) is 8.30. The molecule has 162 valence electrons. The zero-order valence-corrected chi connectivity index (χ0v) is 16.2. The van der Waals surface area contributed by atoms with Crippen molar-refractivity contribution in [2.75, 3.05) is 5.32 Å². The van der Waals surface area contributed by atoms with Crippen LogP contribution in [0.25, 0.3) is 21.9 Å². The summed E-state index contributed by atoms with van der Waals surface area (Å²) in [5.74, 6) is -2.45. The maximum Gasteiger partial charge on any atom is 0.573 e. The van der Waals surface area contributed by atoms with Crippen molar-refractivity contribution in [3.8, 4) is 16.9 Å². The van der Waals surface area contributed by atoms with Crippen LogP contribution in [0.1, 0.15) is 10.4 Å². The van der Waals surface area contributed by atoms with Crippen LogP contribution < -0.4 is 10.1 Å². The normalized spacial score (nSPS) is 11.4. The molecular weight excluding hydrogens is 429 g/mol. The van der Waals surface area contributed by atoms with E-state index in [0.29, 0.717) is 21.9 Å². The van der Waals surface area contributed by atoms with E-state index in [1.807, 2.05) is 0 Å². The molecular formula is C24H14F5NO2. The van der Waals surface area contributed by atoms with Gasteiger partial charge in [-0.25, -0.2) is 8.78 Å². The van der Waals surface area contributed by atoms with E-state index in [-0.39, 0.29) is 17.0 Å². The molecule has 0 aliphatic carbocycles. The Kier molecular flexibility index (Phi) is 5.52. The predicted molar refractivity (Wildman–Crippen MR) is 110 cm³/mol. The Labute approximate surface area is 179 Å². The van der Waals surface area contributed by atoms with Crippen LogP contribution in [0.4, 0.5) is 27.6 Å². The lowest BCUT2D eigenvalue weighted by atomic mass is 9.95. The summed E-state index contributed by atoms with van der Waals surface area (Å²) in [5, 5.41) is 3.56. The van der Waals surface area contributed by atoms with Gasteiger partial charge < -0.3 is 10.1 Å². The monoisotopic (exact) mass is 443 g/mol. The SMILES string of the molecule is O=C(Nc1cc(F)ccc1F)c1cccc2c(-c3ccc(OC(F)(F)F)cc3)cccc12. The fourth-order valence-electron chi connectivity index (χ4n) is 3.38. The number of carbonyl (C=O) groups excluding carboxylic acids is 1. The van der Waals surface area contributed by atoms with Crippen molar-refractivity contribution in [3.63, 3.8) is 0 Å². The summed E-state index contributed by atoms with van der Waals surface area (Å²) in [5.41, 5.74) is 1.22. The largest absolute Gasteiger partial charge is 0.573 e. The summed E-state index contributed by atoms with van der Waals surface area (Å²) in [6.07, 6.45) is -4.79. The van der Waals surface area contributed by atoms with Crippen molar-refractivity contribution >= 4 is 22.4 Å². The Morgan fingerprint density at radius 1 is 0.812 bits per heavy atom. The van der Waals surface area contributed by atoms with Crippen molar-refractivity contribution in [2.45, 2.75) is 6.36 Å². The maximum absolute atomic E-state index is 13.9. The molecule has 0 aliphatic heterocycles. The van der Waals surface area contributed by atoms with Gasteiger partial charge in [-0.05, 0) is 52.2 Å². The fourth-order valence-corrected chi connectivity index (χ4v) is 3.38. The van der Waals surface area contributed by atoms with Crippen LogP contribution in [0, 0.1) is 11.6 Å². The zero-order chi connectivity index (χ0) is 22.9. The van der Waals surface area contributed by atoms with Crippen LogP contribution in [0.15, 0.2) is 78.9 Å². The number of fused-ring (bicyclic) bond motifs is 1. The molecule has 0 spiro atoms. The lowest BCUT2D eigenvalue weighted by Gasteiger charge is -2.13. The first-order valence-corrected chi connectivity index (χ1v) is 9.35. The average Bonchev–Trinajstić information content (AvgIpc) is 2.75. The van der Waals surface area contributed by atoms with E-state index in [9.17, 15) is 26.7 Å². The van der Waals surface area contributed by atoms with Crippen molar-refractivity contribution in [1.82, 2.24) is 0 Å². The molecule has 0 aromatic heterocycles. The number of hydrogen-bond donors (Lipinski definition) is 1. The molecule has 0 atom stereocenters. The van der Waals surface area contributed by atoms with Gasteiger partial charge in [0, 0.05) is 11.6 Å². The van der Waals surface area contributed by atoms with E-state index < -0.39 is 23.9 Å². The van der Waals surface area contributed by atoms with Gasteiger partial charge in [-0.3, -0.25) is 4.79 Å². The fraction of sp³-hybridized carbons (Fsp3) is 0.0417. The predicted octanol–water partition coefficient (Wildman–Crippen LogP) is 6.94. The molecule has 4 rings (SSSR count). The van der Waals surface area contributed by atoms with Crippen LogP contribution >= 0.6 is 0 Å². The highest BCUT2D eigenvalue weighted by atomic mass is 19.4. The maximum atomic E-state index is 13.9. The molecule has 1 amide bonds. The number of hydrogen-bond acceptors (Lipinski definition) is 2. The third kappa shape index (κ3) is 4.54. The van der Waals surface area contributed by atoms with Gasteiger partial charge in [0.25, 0.3) is 5.91 Å². The number of carbonyl (C=O) groups is 1. The molecule has 0 heterocycles. The van der Waals surface area contributed by atoms with Crippen LogP contribution in [0.3, 0.4) is 0 Å². The Balaban J connectivity index is 1.70. The first-order valence-electron chi connectivity index (χ1n) is 9.35. The van der Waals surface area contributed by atoms with Crippen LogP contribution in [0.2, 0.25) is 0 Å². The molecule has 0 aliphatic rings. The first-order chi connectivity index (χ1) is 15.2. The van der Waals surface area contributed by atoms with E-state index in [4.69, 9.17) is 0 Å². The number of rotatable bonds is 4. The molecule has 8 heteroatoms. The van der Waals surface area contributed by atoms with E-state index >= 15 is 0 Å².